The molecule has 1 heterocycles. The summed E-state index contributed by atoms with van der Waals surface area (Å²) in [5.74, 6) is -0.847. The first-order chi connectivity index (χ1) is 13.4. The number of amides is 2. The normalized spacial score (nSPS) is 11.6. The number of hydrogen-bond acceptors (Lipinski definition) is 4. The molecule has 3 N–H and O–H groups in total. The molecule has 2 amide bonds. The summed E-state index contributed by atoms with van der Waals surface area (Å²) in [6.45, 7) is 1.55. The number of benzene rings is 2. The van der Waals surface area contributed by atoms with Crippen molar-refractivity contribution in [1.82, 2.24) is 4.57 Å². The highest BCUT2D eigenvalue weighted by molar-refractivity contribution is 6.02. The molecule has 0 bridgehead atoms. The summed E-state index contributed by atoms with van der Waals surface area (Å²) in [5, 5.41) is 12.6. The molecule has 0 aliphatic carbocycles. The Hall–Kier alpha value is -3.92. The van der Waals surface area contributed by atoms with Crippen molar-refractivity contribution in [2.45, 2.75) is 19.4 Å². The van der Waals surface area contributed by atoms with Crippen LogP contribution in [-0.4, -0.2) is 16.4 Å². The first kappa shape index (κ1) is 18.9. The number of anilines is 1. The number of carbonyl (C=O) groups is 2. The maximum atomic E-state index is 12.7. The Morgan fingerprint density at radius 3 is 2.50 bits per heavy atom. The summed E-state index contributed by atoms with van der Waals surface area (Å²) in [7, 11) is 0. The van der Waals surface area contributed by atoms with Crippen LogP contribution in [0.25, 0.3) is 10.8 Å². The minimum atomic E-state index is -0.772. The molecule has 0 spiro atoms. The van der Waals surface area contributed by atoms with E-state index in [1.54, 1.807) is 55.5 Å². The van der Waals surface area contributed by atoms with Crippen molar-refractivity contribution in [3.8, 4) is 6.07 Å². The van der Waals surface area contributed by atoms with Gasteiger partial charge in [-0.1, -0.05) is 18.2 Å². The second-order valence-corrected chi connectivity index (χ2v) is 6.41. The van der Waals surface area contributed by atoms with Crippen molar-refractivity contribution in [3.05, 3.63) is 76.2 Å². The van der Waals surface area contributed by atoms with E-state index in [-0.39, 0.29) is 17.9 Å². The zero-order valence-corrected chi connectivity index (χ0v) is 15.2. The summed E-state index contributed by atoms with van der Waals surface area (Å²) in [4.78, 5) is 36.5. The monoisotopic (exact) mass is 374 g/mol. The quantitative estimate of drug-likeness (QED) is 0.711. The molecule has 0 fully saturated rings. The van der Waals surface area contributed by atoms with Gasteiger partial charge >= 0.3 is 0 Å². The lowest BCUT2D eigenvalue weighted by Gasteiger charge is -2.14. The van der Waals surface area contributed by atoms with Gasteiger partial charge in [-0.05, 0) is 42.8 Å². The van der Waals surface area contributed by atoms with Crippen molar-refractivity contribution >= 4 is 28.3 Å². The minimum Gasteiger partial charge on any atom is -0.368 e. The number of rotatable bonds is 5. The molecular formula is C21H18N4O3. The molecule has 2 aromatic carbocycles. The summed E-state index contributed by atoms with van der Waals surface area (Å²) in [5.41, 5.74) is 6.75. The van der Waals surface area contributed by atoms with Crippen LogP contribution in [0.4, 0.5) is 5.69 Å². The number of nitriles is 1. The lowest BCUT2D eigenvalue weighted by molar-refractivity contribution is -0.120. The lowest BCUT2D eigenvalue weighted by atomic mass is 10.1. The van der Waals surface area contributed by atoms with Gasteiger partial charge in [-0.2, -0.15) is 5.26 Å². The Morgan fingerprint density at radius 2 is 1.86 bits per heavy atom. The number of fused-ring (bicyclic) bond motifs is 1. The molecule has 1 aromatic heterocycles. The van der Waals surface area contributed by atoms with E-state index in [2.05, 4.69) is 5.32 Å². The van der Waals surface area contributed by atoms with E-state index in [1.807, 2.05) is 6.07 Å². The summed E-state index contributed by atoms with van der Waals surface area (Å²) in [6, 6.07) is 14.7. The van der Waals surface area contributed by atoms with E-state index in [4.69, 9.17) is 11.0 Å². The lowest BCUT2D eigenvalue weighted by Crippen LogP contribution is -2.31. The van der Waals surface area contributed by atoms with Gasteiger partial charge in [-0.3, -0.25) is 14.4 Å². The standard InChI is InChI=1S/C21H18N4O3/c1-13(20(23)27)25-10-9-16-17(21(25)28)3-2-4-18(16)24-19(26)11-14-5-7-15(12-22)8-6-14/h2-10,13H,11H2,1H3,(H2,23,27)(H,24,26)/t13-/m1/s1. The minimum absolute atomic E-state index is 0.137. The highest BCUT2D eigenvalue weighted by Gasteiger charge is 2.15. The topological polar surface area (TPSA) is 118 Å². The van der Waals surface area contributed by atoms with Gasteiger partial charge in [0.1, 0.15) is 6.04 Å². The number of pyridine rings is 1. The molecule has 140 valence electrons. The molecule has 0 radical (unpaired) electrons. The fourth-order valence-electron chi connectivity index (χ4n) is 2.92. The van der Waals surface area contributed by atoms with Gasteiger partial charge in [0.2, 0.25) is 11.8 Å². The van der Waals surface area contributed by atoms with Crippen LogP contribution in [0.1, 0.15) is 24.1 Å². The van der Waals surface area contributed by atoms with E-state index in [0.717, 1.165) is 5.56 Å². The molecule has 0 aliphatic rings. The number of primary amides is 1. The number of hydrogen-bond donors (Lipinski definition) is 2. The molecule has 28 heavy (non-hydrogen) atoms. The van der Waals surface area contributed by atoms with Gasteiger partial charge in [0.05, 0.1) is 18.1 Å². The van der Waals surface area contributed by atoms with Crippen molar-refractivity contribution in [3.63, 3.8) is 0 Å². The van der Waals surface area contributed by atoms with Gasteiger partial charge in [-0.25, -0.2) is 0 Å². The van der Waals surface area contributed by atoms with Gasteiger partial charge in [0, 0.05) is 22.7 Å². The van der Waals surface area contributed by atoms with Crippen LogP contribution in [0.2, 0.25) is 0 Å². The van der Waals surface area contributed by atoms with Crippen LogP contribution in [-0.2, 0) is 16.0 Å². The SMILES string of the molecule is C[C@H](C(N)=O)n1ccc2c(NC(=O)Cc3ccc(C#N)cc3)cccc2c1=O. The van der Waals surface area contributed by atoms with Crippen LogP contribution >= 0.6 is 0 Å². The van der Waals surface area contributed by atoms with Gasteiger partial charge in [0.25, 0.3) is 5.56 Å². The second kappa shape index (κ2) is 7.76. The maximum absolute atomic E-state index is 12.7. The average molecular weight is 374 g/mol. The predicted molar refractivity (Wildman–Crippen MR) is 106 cm³/mol. The molecule has 0 aliphatic heterocycles. The third-order valence-corrected chi connectivity index (χ3v) is 4.52. The van der Waals surface area contributed by atoms with E-state index in [1.165, 1.54) is 10.8 Å². The molecule has 3 aromatic rings. The Balaban J connectivity index is 1.88. The van der Waals surface area contributed by atoms with Crippen molar-refractivity contribution in [1.29, 1.82) is 5.26 Å². The van der Waals surface area contributed by atoms with E-state index < -0.39 is 11.9 Å². The van der Waals surface area contributed by atoms with Crippen molar-refractivity contribution in [2.75, 3.05) is 5.32 Å². The van der Waals surface area contributed by atoms with Crippen LogP contribution in [0.5, 0.6) is 0 Å². The van der Waals surface area contributed by atoms with Gasteiger partial charge < -0.3 is 15.6 Å². The van der Waals surface area contributed by atoms with Crippen LogP contribution in [0.15, 0.2) is 59.5 Å². The molecule has 3 rings (SSSR count). The highest BCUT2D eigenvalue weighted by Crippen LogP contribution is 2.22. The number of nitrogens with two attached hydrogens (primary N) is 1. The van der Waals surface area contributed by atoms with Crippen LogP contribution in [0, 0.1) is 11.3 Å². The van der Waals surface area contributed by atoms with Crippen LogP contribution in [0.3, 0.4) is 0 Å². The fraction of sp³-hybridized carbons (Fsp3) is 0.143. The summed E-state index contributed by atoms with van der Waals surface area (Å²) in [6.07, 6.45) is 1.63. The third-order valence-electron chi connectivity index (χ3n) is 4.52. The number of nitrogens with one attached hydrogen (secondary N) is 1. The molecule has 7 nitrogen and oxygen atoms in total. The fourth-order valence-corrected chi connectivity index (χ4v) is 2.92. The zero-order chi connectivity index (χ0) is 20.3. The first-order valence-electron chi connectivity index (χ1n) is 8.63. The Kier molecular flexibility index (Phi) is 5.23. The molecule has 0 unspecified atom stereocenters. The largest absolute Gasteiger partial charge is 0.368 e. The third kappa shape index (κ3) is 3.76. The molecule has 0 saturated carbocycles. The van der Waals surface area contributed by atoms with Crippen LogP contribution < -0.4 is 16.6 Å². The zero-order valence-electron chi connectivity index (χ0n) is 15.2. The molecule has 0 saturated heterocycles. The molecular weight excluding hydrogens is 356 g/mol. The summed E-state index contributed by atoms with van der Waals surface area (Å²) < 4.78 is 1.27. The maximum Gasteiger partial charge on any atom is 0.259 e. The van der Waals surface area contributed by atoms with Gasteiger partial charge in [0.15, 0.2) is 0 Å². The molecule has 1 atom stereocenters. The van der Waals surface area contributed by atoms with E-state index in [0.29, 0.717) is 22.0 Å². The van der Waals surface area contributed by atoms with E-state index in [9.17, 15) is 14.4 Å². The summed E-state index contributed by atoms with van der Waals surface area (Å²) >= 11 is 0. The van der Waals surface area contributed by atoms with Crippen molar-refractivity contribution in [2.24, 2.45) is 5.73 Å². The highest BCUT2D eigenvalue weighted by atomic mass is 16.2. The predicted octanol–water partition coefficient (Wildman–Crippen LogP) is 2.10. The number of aromatic nitrogens is 1. The number of carbonyl (C=O) groups excluding carboxylic acids is 2. The first-order valence-corrected chi connectivity index (χ1v) is 8.63. The second-order valence-electron chi connectivity index (χ2n) is 6.41. The smallest absolute Gasteiger partial charge is 0.259 e. The Labute approximate surface area is 161 Å². The van der Waals surface area contributed by atoms with Gasteiger partial charge in [-0.15, -0.1) is 0 Å². The van der Waals surface area contributed by atoms with E-state index >= 15 is 0 Å². The Morgan fingerprint density at radius 1 is 1.14 bits per heavy atom. The van der Waals surface area contributed by atoms with Crippen molar-refractivity contribution < 1.29 is 9.59 Å². The Bertz CT molecular complexity index is 1160. The molecule has 7 heteroatoms. The number of nitrogens with zero attached hydrogens (tertiary/aromatic N) is 2. The average Bonchev–Trinajstić information content (AvgIpc) is 2.69.